The Balaban J connectivity index is 2.75. The molecule has 1 aromatic rings. The first-order chi connectivity index (χ1) is 9.77. The lowest BCUT2D eigenvalue weighted by Crippen LogP contribution is -2.32. The molecule has 0 aromatic heterocycles. The zero-order chi connectivity index (χ0) is 16.0. The molecule has 116 valence electrons. The first-order valence-electron chi connectivity index (χ1n) is 6.88. The summed E-state index contributed by atoms with van der Waals surface area (Å²) >= 11 is 0. The molecule has 0 saturated heterocycles. The first kappa shape index (κ1) is 17.6. The van der Waals surface area contributed by atoms with Crippen LogP contribution in [0.4, 0.5) is 0 Å². The van der Waals surface area contributed by atoms with Gasteiger partial charge in [0.05, 0.1) is 23.0 Å². The average Bonchev–Trinajstić information content (AvgIpc) is 2.45. The Bertz CT molecular complexity index is 590. The van der Waals surface area contributed by atoms with Crippen LogP contribution in [0.1, 0.15) is 25.5 Å². The molecule has 0 radical (unpaired) electrons. The quantitative estimate of drug-likeness (QED) is 0.827. The summed E-state index contributed by atoms with van der Waals surface area (Å²) in [6, 6.07) is 8.44. The minimum Gasteiger partial charge on any atom is -0.387 e. The van der Waals surface area contributed by atoms with Crippen LogP contribution in [0.2, 0.25) is 0 Å². The molecule has 0 heterocycles. The van der Waals surface area contributed by atoms with Gasteiger partial charge in [-0.15, -0.1) is 0 Å². The first-order valence-corrected chi connectivity index (χ1v) is 8.77. The Hall–Kier alpha value is -1.42. The van der Waals surface area contributed by atoms with Crippen molar-refractivity contribution in [2.75, 3.05) is 25.9 Å². The van der Waals surface area contributed by atoms with Gasteiger partial charge in [0.25, 0.3) is 0 Å². The van der Waals surface area contributed by atoms with Crippen molar-refractivity contribution in [1.82, 2.24) is 4.90 Å². The summed E-state index contributed by atoms with van der Waals surface area (Å²) in [6.45, 7) is 5.58. The second-order valence-corrected chi connectivity index (χ2v) is 7.26. The van der Waals surface area contributed by atoms with E-state index in [1.54, 1.807) is 12.1 Å². The Morgan fingerprint density at radius 2 is 1.86 bits per heavy atom. The molecule has 1 aromatic carbocycles. The third kappa shape index (κ3) is 5.46. The van der Waals surface area contributed by atoms with E-state index >= 15 is 0 Å². The number of aliphatic hydroxyl groups is 1. The van der Waals surface area contributed by atoms with Crippen LogP contribution in [0.3, 0.4) is 0 Å². The second kappa shape index (κ2) is 7.55. The van der Waals surface area contributed by atoms with Crippen LogP contribution in [-0.2, 0) is 9.84 Å². The van der Waals surface area contributed by atoms with Crippen molar-refractivity contribution in [2.45, 2.75) is 24.8 Å². The lowest BCUT2D eigenvalue weighted by atomic mass is 10.1. The van der Waals surface area contributed by atoms with Crippen molar-refractivity contribution in [3.8, 4) is 6.07 Å². The number of rotatable bonds is 7. The van der Waals surface area contributed by atoms with E-state index in [1.807, 2.05) is 18.7 Å². The Morgan fingerprint density at radius 3 is 2.29 bits per heavy atom. The van der Waals surface area contributed by atoms with Crippen molar-refractivity contribution in [3.05, 3.63) is 29.8 Å². The lowest BCUT2D eigenvalue weighted by Gasteiger charge is -2.24. The standard InChI is InChI=1S/C15H22N2O3S/c1-4-17(10-12(2)9-16)11-15(18)13-5-7-14(8-6-13)21(3,19)20/h5-8,12,15,18H,4,10-11H2,1-3H3. The van der Waals surface area contributed by atoms with E-state index in [-0.39, 0.29) is 10.8 Å². The summed E-state index contributed by atoms with van der Waals surface area (Å²) in [7, 11) is -3.22. The van der Waals surface area contributed by atoms with Gasteiger partial charge in [-0.1, -0.05) is 19.1 Å². The van der Waals surface area contributed by atoms with Crippen LogP contribution >= 0.6 is 0 Å². The molecule has 0 aliphatic carbocycles. The normalized spacial score (nSPS) is 14.7. The molecule has 2 unspecified atom stereocenters. The topological polar surface area (TPSA) is 81.4 Å². The monoisotopic (exact) mass is 310 g/mol. The summed E-state index contributed by atoms with van der Waals surface area (Å²) in [5.74, 6) is -0.0928. The molecular formula is C15H22N2O3S. The molecule has 1 rings (SSSR count). The number of hydrogen-bond acceptors (Lipinski definition) is 5. The molecule has 2 atom stereocenters. The lowest BCUT2D eigenvalue weighted by molar-refractivity contribution is 0.112. The highest BCUT2D eigenvalue weighted by Crippen LogP contribution is 2.18. The van der Waals surface area contributed by atoms with Crippen molar-refractivity contribution in [2.24, 2.45) is 5.92 Å². The number of likely N-dealkylation sites (N-methyl/N-ethyl adjacent to an activating group) is 1. The summed E-state index contributed by atoms with van der Waals surface area (Å²) in [5.41, 5.74) is 0.672. The van der Waals surface area contributed by atoms with Gasteiger partial charge in [-0.2, -0.15) is 5.26 Å². The van der Waals surface area contributed by atoms with E-state index in [1.165, 1.54) is 12.1 Å². The number of aliphatic hydroxyl groups excluding tert-OH is 1. The van der Waals surface area contributed by atoms with E-state index in [2.05, 4.69) is 6.07 Å². The molecule has 0 spiro atoms. The predicted molar refractivity (Wildman–Crippen MR) is 81.4 cm³/mol. The average molecular weight is 310 g/mol. The maximum atomic E-state index is 11.4. The maximum Gasteiger partial charge on any atom is 0.175 e. The van der Waals surface area contributed by atoms with Gasteiger partial charge < -0.3 is 5.11 Å². The molecular weight excluding hydrogens is 288 g/mol. The largest absolute Gasteiger partial charge is 0.387 e. The van der Waals surface area contributed by atoms with Crippen molar-refractivity contribution >= 4 is 9.84 Å². The number of nitrogens with zero attached hydrogens (tertiary/aromatic N) is 2. The highest BCUT2D eigenvalue weighted by Gasteiger charge is 2.15. The van der Waals surface area contributed by atoms with Crippen molar-refractivity contribution in [3.63, 3.8) is 0 Å². The highest BCUT2D eigenvalue weighted by atomic mass is 32.2. The minimum atomic E-state index is -3.22. The van der Waals surface area contributed by atoms with Crippen LogP contribution in [0.5, 0.6) is 0 Å². The fraction of sp³-hybridized carbons (Fsp3) is 0.533. The van der Waals surface area contributed by atoms with Crippen LogP contribution in [0.15, 0.2) is 29.2 Å². The van der Waals surface area contributed by atoms with E-state index < -0.39 is 15.9 Å². The van der Waals surface area contributed by atoms with Gasteiger partial charge in [0, 0.05) is 19.3 Å². The highest BCUT2D eigenvalue weighted by molar-refractivity contribution is 7.90. The van der Waals surface area contributed by atoms with Gasteiger partial charge in [-0.3, -0.25) is 4.90 Å². The number of hydrogen-bond donors (Lipinski definition) is 1. The van der Waals surface area contributed by atoms with Crippen LogP contribution in [-0.4, -0.2) is 44.3 Å². The van der Waals surface area contributed by atoms with Gasteiger partial charge in [0.15, 0.2) is 9.84 Å². The van der Waals surface area contributed by atoms with Crippen LogP contribution < -0.4 is 0 Å². The molecule has 0 aliphatic heterocycles. The van der Waals surface area contributed by atoms with E-state index in [4.69, 9.17) is 5.26 Å². The van der Waals surface area contributed by atoms with Crippen molar-refractivity contribution < 1.29 is 13.5 Å². The zero-order valence-electron chi connectivity index (χ0n) is 12.7. The maximum absolute atomic E-state index is 11.4. The van der Waals surface area contributed by atoms with E-state index in [9.17, 15) is 13.5 Å². The van der Waals surface area contributed by atoms with Crippen LogP contribution in [0.25, 0.3) is 0 Å². The summed E-state index contributed by atoms with van der Waals surface area (Å²) in [6.07, 6.45) is 0.449. The summed E-state index contributed by atoms with van der Waals surface area (Å²) in [4.78, 5) is 2.24. The molecule has 0 saturated carbocycles. The van der Waals surface area contributed by atoms with Crippen molar-refractivity contribution in [1.29, 1.82) is 5.26 Å². The minimum absolute atomic E-state index is 0.0928. The SMILES string of the molecule is CCN(CC(C)C#N)CC(O)c1ccc(S(C)(=O)=O)cc1. The fourth-order valence-electron chi connectivity index (χ4n) is 2.05. The molecule has 0 aliphatic rings. The Kier molecular flexibility index (Phi) is 6.34. The number of nitriles is 1. The van der Waals surface area contributed by atoms with Gasteiger partial charge >= 0.3 is 0 Å². The van der Waals surface area contributed by atoms with Gasteiger partial charge in [0.2, 0.25) is 0 Å². The molecule has 21 heavy (non-hydrogen) atoms. The number of sulfone groups is 1. The second-order valence-electron chi connectivity index (χ2n) is 5.24. The fourth-order valence-corrected chi connectivity index (χ4v) is 2.68. The molecule has 6 heteroatoms. The molecule has 5 nitrogen and oxygen atoms in total. The third-order valence-corrected chi connectivity index (χ3v) is 4.45. The van der Waals surface area contributed by atoms with E-state index in [0.717, 1.165) is 12.8 Å². The predicted octanol–water partition coefficient (Wildman–Crippen LogP) is 1.61. The summed E-state index contributed by atoms with van der Waals surface area (Å²) < 4.78 is 22.8. The molecule has 0 amide bonds. The molecule has 1 N–H and O–H groups in total. The van der Waals surface area contributed by atoms with Gasteiger partial charge in [-0.05, 0) is 31.2 Å². The zero-order valence-corrected chi connectivity index (χ0v) is 13.5. The molecule has 0 bridgehead atoms. The van der Waals surface area contributed by atoms with Gasteiger partial charge in [-0.25, -0.2) is 8.42 Å². The van der Waals surface area contributed by atoms with Crippen LogP contribution in [0, 0.1) is 17.2 Å². The third-order valence-electron chi connectivity index (χ3n) is 3.32. The Morgan fingerprint density at radius 1 is 1.29 bits per heavy atom. The van der Waals surface area contributed by atoms with E-state index in [0.29, 0.717) is 18.7 Å². The Labute approximate surface area is 126 Å². The number of benzene rings is 1. The molecule has 0 fully saturated rings. The van der Waals surface area contributed by atoms with Gasteiger partial charge in [0.1, 0.15) is 0 Å². The summed E-state index contributed by atoms with van der Waals surface area (Å²) in [5, 5.41) is 19.1. The smallest absolute Gasteiger partial charge is 0.175 e.